The Balaban J connectivity index is 3.52. The Hall–Kier alpha value is -0.420. The Labute approximate surface area is 76.8 Å². The molecule has 0 radical (unpaired) electrons. The van der Waals surface area contributed by atoms with Gasteiger partial charge < -0.3 is 19.3 Å². The second kappa shape index (κ2) is 6.10. The molecule has 0 bridgehead atoms. The van der Waals surface area contributed by atoms with Gasteiger partial charge in [0.05, 0.1) is 13.2 Å². The molecule has 1 amide bonds. The summed E-state index contributed by atoms with van der Waals surface area (Å²) >= 11 is 0. The van der Waals surface area contributed by atoms with Crippen molar-refractivity contribution in [3.8, 4) is 0 Å². The first-order valence-corrected chi connectivity index (χ1v) is 5.28. The zero-order valence-electron chi connectivity index (χ0n) is 7.61. The second-order valence-electron chi connectivity index (χ2n) is 2.18. The van der Waals surface area contributed by atoms with Crippen LogP contribution in [0.25, 0.3) is 0 Å². The standard InChI is InChI=1S/C6H14NO5P/c1-3-11-13(9,10)12-5-4-7-6(2)8/h3-5H2,1-2H3,(H,7,8)(H,9,10)/p-1. The van der Waals surface area contributed by atoms with Crippen molar-refractivity contribution in [1.82, 2.24) is 5.32 Å². The second-order valence-corrected chi connectivity index (χ2v) is 3.59. The SMILES string of the molecule is CCOP(=O)([O-])OCCNC(C)=O. The number of nitrogens with one attached hydrogen (secondary N) is 1. The van der Waals surface area contributed by atoms with Gasteiger partial charge in [-0.05, 0) is 6.92 Å². The molecule has 7 heteroatoms. The summed E-state index contributed by atoms with van der Waals surface area (Å²) in [5, 5.41) is 2.38. The van der Waals surface area contributed by atoms with Gasteiger partial charge in [-0.1, -0.05) is 0 Å². The highest BCUT2D eigenvalue weighted by molar-refractivity contribution is 7.45. The molecule has 0 saturated carbocycles. The molecule has 1 N–H and O–H groups in total. The topological polar surface area (TPSA) is 87.7 Å². The van der Waals surface area contributed by atoms with Gasteiger partial charge in [0.1, 0.15) is 0 Å². The molecule has 0 aliphatic heterocycles. The van der Waals surface area contributed by atoms with E-state index in [9.17, 15) is 14.3 Å². The molecule has 1 atom stereocenters. The van der Waals surface area contributed by atoms with Crippen LogP contribution in [0.3, 0.4) is 0 Å². The van der Waals surface area contributed by atoms with Crippen LogP contribution < -0.4 is 10.2 Å². The van der Waals surface area contributed by atoms with E-state index in [0.717, 1.165) is 0 Å². The first-order chi connectivity index (χ1) is 5.98. The molecule has 0 aliphatic rings. The summed E-state index contributed by atoms with van der Waals surface area (Å²) in [5.41, 5.74) is 0. The van der Waals surface area contributed by atoms with E-state index in [-0.39, 0.29) is 25.7 Å². The molecule has 0 aromatic heterocycles. The molecule has 0 rings (SSSR count). The molecule has 0 saturated heterocycles. The van der Waals surface area contributed by atoms with E-state index in [1.807, 2.05) is 0 Å². The van der Waals surface area contributed by atoms with Crippen LogP contribution in [-0.4, -0.2) is 25.7 Å². The Morgan fingerprint density at radius 3 is 2.62 bits per heavy atom. The number of carbonyl (C=O) groups is 1. The Morgan fingerprint density at radius 1 is 1.54 bits per heavy atom. The van der Waals surface area contributed by atoms with Gasteiger partial charge >= 0.3 is 0 Å². The van der Waals surface area contributed by atoms with Gasteiger partial charge in [-0.25, -0.2) is 0 Å². The molecular formula is C6H13NO5P-. The maximum atomic E-state index is 10.7. The third kappa shape index (κ3) is 7.93. The smallest absolute Gasteiger partial charge is 0.267 e. The van der Waals surface area contributed by atoms with Gasteiger partial charge in [0.25, 0.3) is 7.82 Å². The highest BCUT2D eigenvalue weighted by Crippen LogP contribution is 2.37. The molecule has 13 heavy (non-hydrogen) atoms. The lowest BCUT2D eigenvalue weighted by Crippen LogP contribution is -2.25. The monoisotopic (exact) mass is 210 g/mol. The molecular weight excluding hydrogens is 197 g/mol. The summed E-state index contributed by atoms with van der Waals surface area (Å²) in [6.45, 7) is 2.96. The number of hydrogen-bond donors (Lipinski definition) is 1. The van der Waals surface area contributed by atoms with Crippen LogP contribution in [0.2, 0.25) is 0 Å². The lowest BCUT2D eigenvalue weighted by atomic mass is 10.6. The van der Waals surface area contributed by atoms with Crippen LogP contribution in [0, 0.1) is 0 Å². The van der Waals surface area contributed by atoms with Crippen molar-refractivity contribution in [1.29, 1.82) is 0 Å². The number of hydrogen-bond acceptors (Lipinski definition) is 5. The Bertz CT molecular complexity index is 207. The molecule has 78 valence electrons. The van der Waals surface area contributed by atoms with Crippen LogP contribution in [0.5, 0.6) is 0 Å². The van der Waals surface area contributed by atoms with E-state index in [1.165, 1.54) is 6.92 Å². The molecule has 0 aliphatic carbocycles. The maximum absolute atomic E-state index is 10.7. The predicted octanol–water partition coefficient (Wildman–Crippen LogP) is -0.356. The summed E-state index contributed by atoms with van der Waals surface area (Å²) in [6, 6.07) is 0. The summed E-state index contributed by atoms with van der Waals surface area (Å²) < 4.78 is 19.4. The summed E-state index contributed by atoms with van der Waals surface area (Å²) in [6.07, 6.45) is 0. The number of phosphoric acid groups is 1. The average molecular weight is 210 g/mol. The Morgan fingerprint density at radius 2 is 2.15 bits per heavy atom. The van der Waals surface area contributed by atoms with Crippen molar-refractivity contribution in [2.24, 2.45) is 0 Å². The first kappa shape index (κ1) is 12.6. The van der Waals surface area contributed by atoms with Gasteiger partial charge in [0.15, 0.2) is 0 Å². The molecule has 0 heterocycles. The predicted molar refractivity (Wildman–Crippen MR) is 43.9 cm³/mol. The van der Waals surface area contributed by atoms with Crippen molar-refractivity contribution in [2.75, 3.05) is 19.8 Å². The molecule has 0 aromatic rings. The van der Waals surface area contributed by atoms with Crippen molar-refractivity contribution in [3.63, 3.8) is 0 Å². The van der Waals surface area contributed by atoms with E-state index >= 15 is 0 Å². The van der Waals surface area contributed by atoms with E-state index in [1.54, 1.807) is 6.92 Å². The fraction of sp³-hybridized carbons (Fsp3) is 0.833. The zero-order valence-corrected chi connectivity index (χ0v) is 8.50. The average Bonchev–Trinajstić information content (AvgIpc) is 1.98. The van der Waals surface area contributed by atoms with Crippen LogP contribution in [0.4, 0.5) is 0 Å². The minimum atomic E-state index is -4.15. The third-order valence-corrected chi connectivity index (χ3v) is 2.09. The fourth-order valence-electron chi connectivity index (χ4n) is 0.580. The number of amides is 1. The molecule has 0 fully saturated rings. The number of carbonyl (C=O) groups excluding carboxylic acids is 1. The van der Waals surface area contributed by atoms with Crippen molar-refractivity contribution < 1.29 is 23.3 Å². The maximum Gasteiger partial charge on any atom is 0.267 e. The van der Waals surface area contributed by atoms with E-state index < -0.39 is 7.82 Å². The van der Waals surface area contributed by atoms with Crippen LogP contribution in [0.15, 0.2) is 0 Å². The molecule has 0 spiro atoms. The van der Waals surface area contributed by atoms with Gasteiger partial charge in [0.2, 0.25) is 5.91 Å². The van der Waals surface area contributed by atoms with Gasteiger partial charge in [-0.3, -0.25) is 9.36 Å². The van der Waals surface area contributed by atoms with E-state index in [4.69, 9.17) is 0 Å². The lowest BCUT2D eigenvalue weighted by Gasteiger charge is -2.21. The third-order valence-electron chi connectivity index (χ3n) is 1.01. The van der Waals surface area contributed by atoms with Gasteiger partial charge in [-0.2, -0.15) is 0 Å². The lowest BCUT2D eigenvalue weighted by molar-refractivity contribution is -0.224. The van der Waals surface area contributed by atoms with Crippen molar-refractivity contribution in [2.45, 2.75) is 13.8 Å². The highest BCUT2D eigenvalue weighted by Gasteiger charge is 2.06. The summed E-state index contributed by atoms with van der Waals surface area (Å²) in [7, 11) is -4.15. The van der Waals surface area contributed by atoms with Crippen molar-refractivity contribution >= 4 is 13.7 Å². The summed E-state index contributed by atoms with van der Waals surface area (Å²) in [4.78, 5) is 21.1. The minimum absolute atomic E-state index is 0.0426. The van der Waals surface area contributed by atoms with E-state index in [2.05, 4.69) is 14.4 Å². The fourth-order valence-corrected chi connectivity index (χ4v) is 1.29. The normalized spacial score (nSPS) is 15.0. The summed E-state index contributed by atoms with van der Waals surface area (Å²) in [5.74, 6) is -0.235. The first-order valence-electron chi connectivity index (χ1n) is 3.82. The minimum Gasteiger partial charge on any atom is -0.756 e. The van der Waals surface area contributed by atoms with Crippen LogP contribution in [0.1, 0.15) is 13.8 Å². The highest BCUT2D eigenvalue weighted by atomic mass is 31.2. The Kier molecular flexibility index (Phi) is 5.90. The largest absolute Gasteiger partial charge is 0.756 e. The van der Waals surface area contributed by atoms with E-state index in [0.29, 0.717) is 0 Å². The van der Waals surface area contributed by atoms with Crippen LogP contribution >= 0.6 is 7.82 Å². The molecule has 6 nitrogen and oxygen atoms in total. The number of phosphoric ester groups is 1. The molecule has 1 unspecified atom stereocenters. The van der Waals surface area contributed by atoms with Crippen molar-refractivity contribution in [3.05, 3.63) is 0 Å². The quantitative estimate of drug-likeness (QED) is 0.478. The van der Waals surface area contributed by atoms with Gasteiger partial charge in [0, 0.05) is 13.5 Å². The van der Waals surface area contributed by atoms with Crippen LogP contribution in [-0.2, 0) is 18.4 Å². The zero-order chi connectivity index (χ0) is 10.3. The number of rotatable bonds is 6. The molecule has 0 aromatic carbocycles. The van der Waals surface area contributed by atoms with Gasteiger partial charge in [-0.15, -0.1) is 0 Å².